The van der Waals surface area contributed by atoms with Crippen LogP contribution in [0.2, 0.25) is 0 Å². The molecule has 3 fully saturated rings. The number of nitrogens with zero attached hydrogens (tertiary/aromatic N) is 2. The quantitative estimate of drug-likeness (QED) is 0.640. The Morgan fingerprint density at radius 2 is 2.00 bits per heavy atom. The van der Waals surface area contributed by atoms with Crippen molar-refractivity contribution in [3.8, 4) is 0 Å². The summed E-state index contributed by atoms with van der Waals surface area (Å²) >= 11 is 0. The van der Waals surface area contributed by atoms with Gasteiger partial charge in [0.2, 0.25) is 5.91 Å². The summed E-state index contributed by atoms with van der Waals surface area (Å²) in [5, 5.41) is 0. The van der Waals surface area contributed by atoms with E-state index in [1.807, 2.05) is 20.8 Å². The third-order valence-electron chi connectivity index (χ3n) is 3.26. The van der Waals surface area contributed by atoms with Crippen LogP contribution in [0.15, 0.2) is 0 Å². The number of fused-ring (bicyclic) bond motifs is 3. The van der Waals surface area contributed by atoms with Crippen LogP contribution in [0.1, 0.15) is 33.6 Å². The van der Waals surface area contributed by atoms with Crippen molar-refractivity contribution in [3.63, 3.8) is 0 Å². The van der Waals surface area contributed by atoms with E-state index >= 15 is 0 Å². The van der Waals surface area contributed by atoms with Crippen LogP contribution in [-0.4, -0.2) is 53.1 Å². The van der Waals surface area contributed by atoms with Gasteiger partial charge in [0.25, 0.3) is 0 Å². The molecule has 17 heavy (non-hydrogen) atoms. The first-order valence-corrected chi connectivity index (χ1v) is 6.03. The molecule has 0 spiro atoms. The van der Waals surface area contributed by atoms with Gasteiger partial charge in [0.05, 0.1) is 6.04 Å². The van der Waals surface area contributed by atoms with Gasteiger partial charge in [0, 0.05) is 26.1 Å². The number of hydrogen-bond donors (Lipinski definition) is 0. The molecule has 5 nitrogen and oxygen atoms in total. The minimum absolute atomic E-state index is 0.0345. The molecular weight excluding hydrogens is 220 g/mol. The highest BCUT2D eigenvalue weighted by molar-refractivity contribution is 5.80. The molecule has 3 saturated heterocycles. The Balaban J connectivity index is 2.04. The van der Waals surface area contributed by atoms with Gasteiger partial charge in [-0.3, -0.25) is 9.69 Å². The molecule has 0 saturated carbocycles. The molecule has 5 heteroatoms. The second-order valence-electron chi connectivity index (χ2n) is 5.91. The van der Waals surface area contributed by atoms with Crippen LogP contribution in [0, 0.1) is 0 Å². The van der Waals surface area contributed by atoms with Crippen molar-refractivity contribution in [1.82, 2.24) is 9.80 Å². The van der Waals surface area contributed by atoms with Gasteiger partial charge in [0.15, 0.2) is 0 Å². The van der Waals surface area contributed by atoms with Crippen LogP contribution in [0.5, 0.6) is 0 Å². The summed E-state index contributed by atoms with van der Waals surface area (Å²) in [6.07, 6.45) is 1.04. The minimum Gasteiger partial charge on any atom is -0.444 e. The van der Waals surface area contributed by atoms with Crippen molar-refractivity contribution in [2.75, 3.05) is 13.6 Å². The predicted molar refractivity (Wildman–Crippen MR) is 62.5 cm³/mol. The van der Waals surface area contributed by atoms with Crippen molar-refractivity contribution in [3.05, 3.63) is 0 Å². The number of ether oxygens (including phenoxy) is 1. The first kappa shape index (κ1) is 12.2. The maximum atomic E-state index is 12.0. The van der Waals surface area contributed by atoms with Crippen LogP contribution in [0.25, 0.3) is 0 Å². The second kappa shape index (κ2) is 3.89. The Hall–Kier alpha value is -1.26. The lowest BCUT2D eigenvalue weighted by Gasteiger charge is -2.46. The van der Waals surface area contributed by atoms with Gasteiger partial charge in [-0.1, -0.05) is 0 Å². The van der Waals surface area contributed by atoms with Gasteiger partial charge in [-0.25, -0.2) is 4.79 Å². The average Bonchev–Trinajstić information content (AvgIpc) is 2.30. The van der Waals surface area contributed by atoms with E-state index < -0.39 is 5.60 Å². The number of carbonyl (C=O) groups is 2. The minimum atomic E-state index is -0.480. The third kappa shape index (κ3) is 2.37. The normalized spacial score (nSPS) is 28.6. The number of likely N-dealkylation sites (N-methyl/N-ethyl adjacent to an activating group) is 1. The molecular formula is C12H20N2O3. The molecule has 3 rings (SSSR count). The van der Waals surface area contributed by atoms with Gasteiger partial charge >= 0.3 is 6.09 Å². The molecule has 2 atom stereocenters. The zero-order chi connectivity index (χ0) is 12.8. The third-order valence-corrected chi connectivity index (χ3v) is 3.26. The van der Waals surface area contributed by atoms with Crippen molar-refractivity contribution in [2.24, 2.45) is 0 Å². The van der Waals surface area contributed by atoms with Crippen molar-refractivity contribution in [1.29, 1.82) is 0 Å². The van der Waals surface area contributed by atoms with E-state index in [-0.39, 0.29) is 24.1 Å². The Labute approximate surface area is 102 Å². The molecule has 3 heterocycles. The molecule has 0 radical (unpaired) electrons. The lowest BCUT2D eigenvalue weighted by Crippen LogP contribution is -2.60. The van der Waals surface area contributed by atoms with E-state index in [2.05, 4.69) is 0 Å². The first-order chi connectivity index (χ1) is 7.78. The van der Waals surface area contributed by atoms with Crippen LogP contribution >= 0.6 is 0 Å². The highest BCUT2D eigenvalue weighted by atomic mass is 16.6. The summed E-state index contributed by atoms with van der Waals surface area (Å²) in [6, 6.07) is 0.165. The fourth-order valence-electron chi connectivity index (χ4n) is 2.43. The van der Waals surface area contributed by atoms with Crippen LogP contribution in [0.3, 0.4) is 0 Å². The number of rotatable bonds is 0. The predicted octanol–water partition coefficient (Wildman–Crippen LogP) is 1.23. The van der Waals surface area contributed by atoms with E-state index in [4.69, 9.17) is 4.74 Å². The Morgan fingerprint density at radius 1 is 1.35 bits per heavy atom. The van der Waals surface area contributed by atoms with Gasteiger partial charge in [0.1, 0.15) is 5.60 Å². The summed E-state index contributed by atoms with van der Waals surface area (Å²) in [5.74, 6) is 0.114. The van der Waals surface area contributed by atoms with Crippen molar-refractivity contribution < 1.29 is 14.3 Å². The topological polar surface area (TPSA) is 49.9 Å². The Bertz CT molecular complexity index is 348. The van der Waals surface area contributed by atoms with Crippen LogP contribution < -0.4 is 0 Å². The first-order valence-electron chi connectivity index (χ1n) is 6.03. The highest BCUT2D eigenvalue weighted by Crippen LogP contribution is 2.33. The molecule has 2 amide bonds. The molecule has 0 aromatic heterocycles. The van der Waals surface area contributed by atoms with Crippen molar-refractivity contribution in [2.45, 2.75) is 51.3 Å². The lowest BCUT2D eigenvalue weighted by atomic mass is 9.92. The maximum Gasteiger partial charge on any atom is 0.410 e. The monoisotopic (exact) mass is 240 g/mol. The van der Waals surface area contributed by atoms with Gasteiger partial charge in [-0.2, -0.15) is 0 Å². The molecule has 3 aliphatic rings. The molecule has 0 aromatic rings. The van der Waals surface area contributed by atoms with E-state index in [0.717, 1.165) is 6.42 Å². The highest BCUT2D eigenvalue weighted by Gasteiger charge is 2.47. The molecule has 0 aromatic carbocycles. The summed E-state index contributed by atoms with van der Waals surface area (Å²) in [4.78, 5) is 27.1. The van der Waals surface area contributed by atoms with Crippen LogP contribution in [0.4, 0.5) is 4.79 Å². The summed E-state index contributed by atoms with van der Waals surface area (Å²) in [5.41, 5.74) is -0.480. The van der Waals surface area contributed by atoms with E-state index in [0.29, 0.717) is 13.0 Å². The van der Waals surface area contributed by atoms with Crippen LogP contribution in [-0.2, 0) is 9.53 Å². The lowest BCUT2D eigenvalue weighted by molar-refractivity contribution is -0.129. The van der Waals surface area contributed by atoms with Gasteiger partial charge in [-0.15, -0.1) is 0 Å². The number of amides is 2. The number of carbonyl (C=O) groups excluding carboxylic acids is 2. The average molecular weight is 240 g/mol. The van der Waals surface area contributed by atoms with E-state index in [1.165, 1.54) is 0 Å². The fraction of sp³-hybridized carbons (Fsp3) is 0.833. The van der Waals surface area contributed by atoms with Crippen molar-refractivity contribution >= 4 is 12.0 Å². The van der Waals surface area contributed by atoms with E-state index in [9.17, 15) is 9.59 Å². The summed E-state index contributed by atoms with van der Waals surface area (Å²) in [6.45, 7) is 6.18. The standard InChI is InChI=1S/C12H20N2O3/c1-12(2,3)17-11(16)14-8-5-9(14)7-13(4)10(15)6-8/h8-9H,5-7H2,1-4H3. The zero-order valence-electron chi connectivity index (χ0n) is 10.9. The molecule has 2 bridgehead atoms. The largest absolute Gasteiger partial charge is 0.444 e. The summed E-state index contributed by atoms with van der Waals surface area (Å²) < 4.78 is 5.36. The Morgan fingerprint density at radius 3 is 2.59 bits per heavy atom. The Kier molecular flexibility index (Phi) is 2.79. The summed E-state index contributed by atoms with van der Waals surface area (Å²) in [7, 11) is 1.79. The molecule has 0 aliphatic carbocycles. The molecule has 3 aliphatic heterocycles. The maximum absolute atomic E-state index is 12.0. The number of hydrogen-bond acceptors (Lipinski definition) is 3. The van der Waals surface area contributed by atoms with Gasteiger partial charge in [-0.05, 0) is 27.2 Å². The zero-order valence-corrected chi connectivity index (χ0v) is 10.9. The second-order valence-corrected chi connectivity index (χ2v) is 5.91. The SMILES string of the molecule is CN1CC2CC(CC1=O)N2C(=O)OC(C)(C)C. The van der Waals surface area contributed by atoms with Gasteiger partial charge < -0.3 is 9.64 Å². The van der Waals surface area contributed by atoms with E-state index in [1.54, 1.807) is 16.8 Å². The molecule has 2 unspecified atom stereocenters. The molecule has 96 valence electrons. The fourth-order valence-corrected chi connectivity index (χ4v) is 2.43. The smallest absolute Gasteiger partial charge is 0.410 e. The molecule has 0 N–H and O–H groups in total.